The third-order valence-electron chi connectivity index (χ3n) is 5.44. The Hall–Kier alpha value is -1.02. The zero-order valence-electron chi connectivity index (χ0n) is 19.8. The van der Waals surface area contributed by atoms with E-state index in [-0.39, 0.29) is 0 Å². The second-order valence-electron chi connectivity index (χ2n) is 8.18. The molecule has 0 aliphatic heterocycles. The molecule has 1 aromatic rings. The van der Waals surface area contributed by atoms with Gasteiger partial charge in [-0.3, -0.25) is 0 Å². The highest BCUT2D eigenvalue weighted by molar-refractivity contribution is 5.13. The summed E-state index contributed by atoms with van der Waals surface area (Å²) in [5.41, 5.74) is 1.18. The van der Waals surface area contributed by atoms with E-state index in [4.69, 9.17) is 28.4 Å². The normalized spacial score (nSPS) is 14.8. The highest BCUT2D eigenvalue weighted by Crippen LogP contribution is 2.20. The Labute approximate surface area is 194 Å². The van der Waals surface area contributed by atoms with Crippen molar-refractivity contribution in [2.75, 3.05) is 66.1 Å². The maximum atomic E-state index is 5.94. The Kier molecular flexibility index (Phi) is 17.5. The predicted octanol–water partition coefficient (Wildman–Crippen LogP) is 4.79. The third-order valence-corrected chi connectivity index (χ3v) is 5.44. The molecular formula is C26H44O6. The summed E-state index contributed by atoms with van der Waals surface area (Å²) in [6.45, 7) is 7.06. The Morgan fingerprint density at radius 2 is 1.06 bits per heavy atom. The van der Waals surface area contributed by atoms with Crippen molar-refractivity contribution in [3.63, 3.8) is 0 Å². The highest BCUT2D eigenvalue weighted by Gasteiger charge is 2.12. The summed E-state index contributed by atoms with van der Waals surface area (Å²) in [4.78, 5) is 0. The number of hydrogen-bond donors (Lipinski definition) is 0. The van der Waals surface area contributed by atoms with E-state index < -0.39 is 0 Å². The molecule has 0 unspecified atom stereocenters. The summed E-state index contributed by atoms with van der Waals surface area (Å²) in [5.74, 6) is 0. The van der Waals surface area contributed by atoms with Gasteiger partial charge in [0.05, 0.1) is 65.6 Å². The van der Waals surface area contributed by atoms with Crippen molar-refractivity contribution in [1.82, 2.24) is 0 Å². The molecule has 0 atom stereocenters. The van der Waals surface area contributed by atoms with Crippen LogP contribution < -0.4 is 0 Å². The molecule has 0 N–H and O–H groups in total. The second kappa shape index (κ2) is 20.6. The molecule has 0 saturated heterocycles. The van der Waals surface area contributed by atoms with E-state index in [1.54, 1.807) is 0 Å². The summed E-state index contributed by atoms with van der Waals surface area (Å²) in [6, 6.07) is 10.1. The lowest BCUT2D eigenvalue weighted by molar-refractivity contribution is -0.0128. The Morgan fingerprint density at radius 3 is 1.69 bits per heavy atom. The topological polar surface area (TPSA) is 55.4 Å². The summed E-state index contributed by atoms with van der Waals surface area (Å²) < 4.78 is 33.6. The van der Waals surface area contributed by atoms with Crippen molar-refractivity contribution in [2.45, 2.75) is 64.1 Å². The maximum absolute atomic E-state index is 5.94. The molecule has 1 aliphatic rings. The second-order valence-corrected chi connectivity index (χ2v) is 8.18. The molecule has 32 heavy (non-hydrogen) atoms. The average molecular weight is 453 g/mol. The Balaban J connectivity index is 1.19. The first-order valence-corrected chi connectivity index (χ1v) is 12.5. The first-order chi connectivity index (χ1) is 15.9. The van der Waals surface area contributed by atoms with Crippen molar-refractivity contribution in [1.29, 1.82) is 0 Å². The molecule has 0 heterocycles. The van der Waals surface area contributed by atoms with Crippen molar-refractivity contribution in [2.24, 2.45) is 0 Å². The van der Waals surface area contributed by atoms with E-state index in [0.29, 0.717) is 65.6 Å². The van der Waals surface area contributed by atoms with Gasteiger partial charge in [-0.1, -0.05) is 49.6 Å². The van der Waals surface area contributed by atoms with Gasteiger partial charge in [0.2, 0.25) is 0 Å². The number of benzene rings is 1. The molecule has 0 bridgehead atoms. The molecule has 184 valence electrons. The number of ether oxygens (including phenoxy) is 6. The molecule has 2 rings (SSSR count). The lowest BCUT2D eigenvalue weighted by Gasteiger charge is -2.21. The number of rotatable bonds is 21. The van der Waals surface area contributed by atoms with Gasteiger partial charge in [0, 0.05) is 13.2 Å². The maximum Gasteiger partial charge on any atom is 0.0718 e. The van der Waals surface area contributed by atoms with Crippen LogP contribution in [0.1, 0.15) is 56.9 Å². The number of unbranched alkanes of at least 4 members (excludes halogenated alkanes) is 2. The minimum Gasteiger partial charge on any atom is -0.379 e. The third kappa shape index (κ3) is 15.7. The Morgan fingerprint density at radius 1 is 0.531 bits per heavy atom. The van der Waals surface area contributed by atoms with Gasteiger partial charge >= 0.3 is 0 Å². The van der Waals surface area contributed by atoms with E-state index in [2.05, 4.69) is 12.1 Å². The fourth-order valence-electron chi connectivity index (χ4n) is 3.61. The van der Waals surface area contributed by atoms with Gasteiger partial charge in [0.25, 0.3) is 0 Å². The molecule has 0 radical (unpaired) electrons. The van der Waals surface area contributed by atoms with Crippen LogP contribution >= 0.6 is 0 Å². The van der Waals surface area contributed by atoms with Gasteiger partial charge in [-0.05, 0) is 37.7 Å². The first-order valence-electron chi connectivity index (χ1n) is 12.5. The Bertz CT molecular complexity index is 506. The van der Waals surface area contributed by atoms with E-state index >= 15 is 0 Å². The van der Waals surface area contributed by atoms with Crippen molar-refractivity contribution >= 4 is 0 Å². The molecule has 6 heteroatoms. The van der Waals surface area contributed by atoms with E-state index in [0.717, 1.165) is 26.1 Å². The SMILES string of the molecule is c1ccc(COCCOCCOCCOCCOCCCCCOC2CCCCC2)cc1. The van der Waals surface area contributed by atoms with Crippen molar-refractivity contribution in [3.05, 3.63) is 35.9 Å². The largest absolute Gasteiger partial charge is 0.379 e. The van der Waals surface area contributed by atoms with E-state index in [1.807, 2.05) is 18.2 Å². The van der Waals surface area contributed by atoms with Crippen LogP contribution in [-0.2, 0) is 35.0 Å². The number of hydrogen-bond acceptors (Lipinski definition) is 6. The highest BCUT2D eigenvalue weighted by atomic mass is 16.6. The summed E-state index contributed by atoms with van der Waals surface area (Å²) in [6.07, 6.45) is 10.5. The van der Waals surface area contributed by atoms with Crippen LogP contribution in [0.5, 0.6) is 0 Å². The zero-order valence-corrected chi connectivity index (χ0v) is 19.8. The van der Waals surface area contributed by atoms with Crippen molar-refractivity contribution in [3.8, 4) is 0 Å². The van der Waals surface area contributed by atoms with Crippen LogP contribution in [0.3, 0.4) is 0 Å². The molecule has 1 saturated carbocycles. The molecule has 0 aromatic heterocycles. The van der Waals surface area contributed by atoms with Gasteiger partial charge < -0.3 is 28.4 Å². The van der Waals surface area contributed by atoms with Crippen LogP contribution in [0.15, 0.2) is 30.3 Å². The molecular weight excluding hydrogens is 408 g/mol. The molecule has 1 aromatic carbocycles. The van der Waals surface area contributed by atoms with Gasteiger partial charge in [-0.25, -0.2) is 0 Å². The first kappa shape index (κ1) is 27.2. The van der Waals surface area contributed by atoms with E-state index in [1.165, 1.54) is 44.1 Å². The minimum absolute atomic E-state index is 0.526. The molecule has 1 fully saturated rings. The van der Waals surface area contributed by atoms with E-state index in [9.17, 15) is 0 Å². The summed E-state index contributed by atoms with van der Waals surface area (Å²) in [5, 5.41) is 0. The lowest BCUT2D eigenvalue weighted by Crippen LogP contribution is -2.17. The van der Waals surface area contributed by atoms with Gasteiger partial charge in [0.1, 0.15) is 0 Å². The van der Waals surface area contributed by atoms with Crippen LogP contribution in [0.2, 0.25) is 0 Å². The molecule has 1 aliphatic carbocycles. The van der Waals surface area contributed by atoms with Crippen LogP contribution in [0.25, 0.3) is 0 Å². The van der Waals surface area contributed by atoms with Crippen molar-refractivity contribution < 1.29 is 28.4 Å². The average Bonchev–Trinajstić information content (AvgIpc) is 2.84. The fraction of sp³-hybridized carbons (Fsp3) is 0.769. The van der Waals surface area contributed by atoms with Gasteiger partial charge in [-0.2, -0.15) is 0 Å². The van der Waals surface area contributed by atoms with Gasteiger partial charge in [-0.15, -0.1) is 0 Å². The molecule has 0 spiro atoms. The lowest BCUT2D eigenvalue weighted by atomic mass is 9.98. The zero-order chi connectivity index (χ0) is 22.4. The molecule has 0 amide bonds. The minimum atomic E-state index is 0.526. The van der Waals surface area contributed by atoms with Gasteiger partial charge in [0.15, 0.2) is 0 Å². The van der Waals surface area contributed by atoms with Crippen LogP contribution in [0.4, 0.5) is 0 Å². The molecule has 6 nitrogen and oxygen atoms in total. The fourth-order valence-corrected chi connectivity index (χ4v) is 3.61. The standard InChI is InChI=1S/C26H44O6/c1-4-10-25(11-5-1)24-31-23-22-30-21-20-29-19-18-28-17-16-27-14-8-3-9-15-32-26-12-6-2-7-13-26/h1,4-5,10-11,26H,2-3,6-9,12-24H2. The summed E-state index contributed by atoms with van der Waals surface area (Å²) in [7, 11) is 0. The van der Waals surface area contributed by atoms with Crippen LogP contribution in [-0.4, -0.2) is 72.2 Å². The monoisotopic (exact) mass is 452 g/mol. The van der Waals surface area contributed by atoms with Crippen LogP contribution in [0, 0.1) is 0 Å². The quantitative estimate of drug-likeness (QED) is 0.250. The predicted molar refractivity (Wildman–Crippen MR) is 126 cm³/mol. The summed E-state index contributed by atoms with van der Waals surface area (Å²) >= 11 is 0. The smallest absolute Gasteiger partial charge is 0.0718 e.